The summed E-state index contributed by atoms with van der Waals surface area (Å²) in [6, 6.07) is -0.839. The van der Waals surface area contributed by atoms with Gasteiger partial charge in [0.1, 0.15) is 11.9 Å². The Labute approximate surface area is 88.5 Å². The zero-order valence-corrected chi connectivity index (χ0v) is 8.85. The van der Waals surface area contributed by atoms with Crippen molar-refractivity contribution in [3.63, 3.8) is 0 Å². The van der Waals surface area contributed by atoms with Crippen LogP contribution in [0, 0.1) is 0 Å². The van der Waals surface area contributed by atoms with Crippen molar-refractivity contribution in [3.8, 4) is 0 Å². The molecule has 0 aromatic rings. The molecule has 0 radical (unpaired) electrons. The van der Waals surface area contributed by atoms with E-state index in [0.29, 0.717) is 18.5 Å². The Balaban J connectivity index is 2.57. The quantitative estimate of drug-likeness (QED) is 0.591. The van der Waals surface area contributed by atoms with E-state index in [1.807, 2.05) is 6.92 Å². The molecule has 1 rings (SSSR count). The van der Waals surface area contributed by atoms with Gasteiger partial charge in [-0.25, -0.2) is 4.39 Å². The van der Waals surface area contributed by atoms with Crippen LogP contribution in [-0.4, -0.2) is 36.8 Å². The van der Waals surface area contributed by atoms with E-state index in [9.17, 15) is 9.18 Å². The third kappa shape index (κ3) is 3.28. The Morgan fingerprint density at radius 2 is 2.47 bits per heavy atom. The third-order valence-electron chi connectivity index (χ3n) is 2.39. The second-order valence-electron chi connectivity index (χ2n) is 3.58. The minimum atomic E-state index is -1.01. The summed E-state index contributed by atoms with van der Waals surface area (Å²) in [5.41, 5.74) is 0.381. The van der Waals surface area contributed by atoms with E-state index in [1.54, 1.807) is 0 Å². The van der Waals surface area contributed by atoms with E-state index >= 15 is 0 Å². The lowest BCUT2D eigenvalue weighted by Gasteiger charge is -2.09. The van der Waals surface area contributed by atoms with Crippen molar-refractivity contribution in [2.24, 2.45) is 0 Å². The number of aliphatic carboxylic acids is 1. The van der Waals surface area contributed by atoms with Gasteiger partial charge in [0.25, 0.3) is 0 Å². The summed E-state index contributed by atoms with van der Waals surface area (Å²) in [6.07, 6.45) is 1.42. The van der Waals surface area contributed by atoms with Gasteiger partial charge in [-0.1, -0.05) is 6.92 Å². The zero-order valence-electron chi connectivity index (χ0n) is 8.85. The first-order chi connectivity index (χ1) is 7.16. The van der Waals surface area contributed by atoms with Gasteiger partial charge in [-0.3, -0.25) is 4.79 Å². The summed E-state index contributed by atoms with van der Waals surface area (Å²) >= 11 is 0. The second-order valence-corrected chi connectivity index (χ2v) is 3.58. The highest BCUT2D eigenvalue weighted by molar-refractivity contribution is 5.78. The van der Waals surface area contributed by atoms with E-state index in [4.69, 9.17) is 5.11 Å². The molecule has 1 aliphatic heterocycles. The lowest BCUT2D eigenvalue weighted by atomic mass is 10.1. The van der Waals surface area contributed by atoms with Crippen LogP contribution in [0.15, 0.2) is 11.4 Å². The number of halogens is 1. The number of hydrogen-bond donors (Lipinski definition) is 3. The molecule has 1 aliphatic rings. The molecule has 0 bridgehead atoms. The summed E-state index contributed by atoms with van der Waals surface area (Å²) in [5.74, 6) is -1.34. The summed E-state index contributed by atoms with van der Waals surface area (Å²) in [7, 11) is 0. The predicted octanol–water partition coefficient (Wildman–Crippen LogP) is 0.656. The van der Waals surface area contributed by atoms with Crippen molar-refractivity contribution in [1.29, 1.82) is 0 Å². The van der Waals surface area contributed by atoms with E-state index < -0.39 is 12.0 Å². The van der Waals surface area contributed by atoms with Crippen molar-refractivity contribution in [2.75, 3.05) is 19.6 Å². The van der Waals surface area contributed by atoms with Gasteiger partial charge in [0.05, 0.1) is 0 Å². The summed E-state index contributed by atoms with van der Waals surface area (Å²) in [5, 5.41) is 14.5. The van der Waals surface area contributed by atoms with Crippen molar-refractivity contribution in [2.45, 2.75) is 25.8 Å². The maximum absolute atomic E-state index is 13.6. The van der Waals surface area contributed by atoms with E-state index in [0.717, 1.165) is 13.0 Å². The van der Waals surface area contributed by atoms with Crippen LogP contribution in [0.3, 0.4) is 0 Å². The zero-order chi connectivity index (χ0) is 11.3. The van der Waals surface area contributed by atoms with Crippen LogP contribution in [0.5, 0.6) is 0 Å². The minimum Gasteiger partial charge on any atom is -0.480 e. The molecule has 1 saturated heterocycles. The fourth-order valence-corrected chi connectivity index (χ4v) is 1.64. The van der Waals surface area contributed by atoms with Gasteiger partial charge in [0, 0.05) is 13.1 Å². The fourth-order valence-electron chi connectivity index (χ4n) is 1.64. The lowest BCUT2D eigenvalue weighted by molar-refractivity contribution is -0.138. The average Bonchev–Trinajstić information content (AvgIpc) is 2.66. The highest BCUT2D eigenvalue weighted by Gasteiger charge is 2.29. The maximum atomic E-state index is 13.6. The number of nitrogens with one attached hydrogen (secondary N) is 2. The Morgan fingerprint density at radius 3 is 3.07 bits per heavy atom. The number of carboxylic acid groups (broad SMARTS) is 1. The number of hydrogen-bond acceptors (Lipinski definition) is 3. The van der Waals surface area contributed by atoms with Crippen LogP contribution >= 0.6 is 0 Å². The van der Waals surface area contributed by atoms with Gasteiger partial charge in [0.2, 0.25) is 0 Å². The molecule has 0 aromatic heterocycles. The molecule has 1 heterocycles. The summed E-state index contributed by atoms with van der Waals surface area (Å²) in [6.45, 7) is 3.41. The van der Waals surface area contributed by atoms with Crippen molar-refractivity contribution in [3.05, 3.63) is 11.4 Å². The highest BCUT2D eigenvalue weighted by atomic mass is 19.1. The standard InChI is InChI=1S/C10H17FN2O2/c1-2-4-12-6-8(11)7-3-5-13-9(7)10(14)15/h9,12-13H,2-6H2,1H3,(H,14,15)/b8-7-. The van der Waals surface area contributed by atoms with E-state index in [1.165, 1.54) is 0 Å². The van der Waals surface area contributed by atoms with E-state index in [2.05, 4.69) is 10.6 Å². The van der Waals surface area contributed by atoms with Crippen LogP contribution in [0.2, 0.25) is 0 Å². The molecule has 0 amide bonds. The third-order valence-corrected chi connectivity index (χ3v) is 2.39. The molecule has 1 atom stereocenters. The predicted molar refractivity (Wildman–Crippen MR) is 55.3 cm³/mol. The first-order valence-electron chi connectivity index (χ1n) is 5.21. The number of rotatable bonds is 5. The molecule has 0 aliphatic carbocycles. The second kappa shape index (κ2) is 5.82. The van der Waals surface area contributed by atoms with Gasteiger partial charge in [-0.2, -0.15) is 0 Å². The van der Waals surface area contributed by atoms with Gasteiger partial charge >= 0.3 is 5.97 Å². The number of carbonyl (C=O) groups is 1. The molecule has 4 nitrogen and oxygen atoms in total. The largest absolute Gasteiger partial charge is 0.480 e. The molecule has 1 fully saturated rings. The van der Waals surface area contributed by atoms with Crippen LogP contribution in [-0.2, 0) is 4.79 Å². The Morgan fingerprint density at radius 1 is 1.73 bits per heavy atom. The first kappa shape index (κ1) is 12.1. The molecule has 1 unspecified atom stereocenters. The molecule has 0 aromatic carbocycles. The van der Waals surface area contributed by atoms with Gasteiger partial charge in [-0.05, 0) is 25.0 Å². The normalized spacial score (nSPS) is 24.3. The molecule has 5 heteroatoms. The maximum Gasteiger partial charge on any atom is 0.325 e. The van der Waals surface area contributed by atoms with Crippen LogP contribution < -0.4 is 10.6 Å². The molecule has 0 saturated carbocycles. The molecular formula is C10H17FN2O2. The molecule has 15 heavy (non-hydrogen) atoms. The van der Waals surface area contributed by atoms with Crippen LogP contribution in [0.25, 0.3) is 0 Å². The van der Waals surface area contributed by atoms with Crippen LogP contribution in [0.4, 0.5) is 4.39 Å². The lowest BCUT2D eigenvalue weighted by Crippen LogP contribution is -2.32. The average molecular weight is 216 g/mol. The summed E-state index contributed by atoms with van der Waals surface area (Å²) in [4.78, 5) is 10.8. The highest BCUT2D eigenvalue weighted by Crippen LogP contribution is 2.19. The van der Waals surface area contributed by atoms with Crippen molar-refractivity contribution >= 4 is 5.97 Å². The van der Waals surface area contributed by atoms with Gasteiger partial charge < -0.3 is 15.7 Å². The Bertz CT molecular complexity index is 266. The smallest absolute Gasteiger partial charge is 0.325 e. The van der Waals surface area contributed by atoms with Gasteiger partial charge in [-0.15, -0.1) is 0 Å². The fraction of sp³-hybridized carbons (Fsp3) is 0.700. The van der Waals surface area contributed by atoms with E-state index in [-0.39, 0.29) is 12.4 Å². The Kier molecular flexibility index (Phi) is 4.71. The van der Waals surface area contributed by atoms with Crippen molar-refractivity contribution in [1.82, 2.24) is 10.6 Å². The first-order valence-corrected chi connectivity index (χ1v) is 5.21. The van der Waals surface area contributed by atoms with Gasteiger partial charge in [0.15, 0.2) is 0 Å². The molecule has 3 N–H and O–H groups in total. The topological polar surface area (TPSA) is 61.4 Å². The van der Waals surface area contributed by atoms with Crippen molar-refractivity contribution < 1.29 is 14.3 Å². The van der Waals surface area contributed by atoms with Crippen LogP contribution in [0.1, 0.15) is 19.8 Å². The SMILES string of the molecule is CCCNC/C(F)=C1\CCNC1C(=O)O. The number of carboxylic acids is 1. The Hall–Kier alpha value is -0.940. The molecule has 0 spiro atoms. The molecular weight excluding hydrogens is 199 g/mol. The minimum absolute atomic E-state index is 0.134. The molecule has 86 valence electrons. The monoisotopic (exact) mass is 216 g/mol. The summed E-state index contributed by atoms with van der Waals surface area (Å²) < 4.78 is 13.6.